The summed E-state index contributed by atoms with van der Waals surface area (Å²) >= 11 is 0. The van der Waals surface area contributed by atoms with Crippen LogP contribution in [0.4, 0.5) is 4.39 Å². The molecule has 1 N–H and O–H groups in total. The molecule has 0 unspecified atom stereocenters. The van der Waals surface area contributed by atoms with E-state index in [-0.39, 0.29) is 30.0 Å². The summed E-state index contributed by atoms with van der Waals surface area (Å²) in [6, 6.07) is 13.1. The van der Waals surface area contributed by atoms with Crippen molar-refractivity contribution >= 4 is 33.2 Å². The topological polar surface area (TPSA) is 143 Å². The van der Waals surface area contributed by atoms with Crippen LogP contribution in [0.25, 0.3) is 22.1 Å². The first-order valence-corrected chi connectivity index (χ1v) is 13.2. The molecule has 0 spiro atoms. The molecule has 0 aliphatic heterocycles. The highest BCUT2D eigenvalue weighted by Gasteiger charge is 2.28. The van der Waals surface area contributed by atoms with E-state index in [9.17, 15) is 23.6 Å². The highest BCUT2D eigenvalue weighted by molar-refractivity contribution is 7.91. The van der Waals surface area contributed by atoms with Gasteiger partial charge in [0.05, 0.1) is 35.3 Å². The predicted molar refractivity (Wildman–Crippen MR) is 142 cm³/mol. The monoisotopic (exact) mass is 549 g/mol. The lowest BCUT2D eigenvalue weighted by atomic mass is 10.00. The number of nitrogens with zero attached hydrogens (tertiary/aromatic N) is 3. The fourth-order valence-electron chi connectivity index (χ4n) is 3.69. The van der Waals surface area contributed by atoms with Gasteiger partial charge < -0.3 is 14.3 Å². The summed E-state index contributed by atoms with van der Waals surface area (Å²) in [6.07, 6.45) is 3.40. The number of fused-ring (bicyclic) bond motifs is 1. The largest absolute Gasteiger partial charge is 0.489 e. The molecule has 0 saturated carbocycles. The fourth-order valence-corrected chi connectivity index (χ4v) is 4.25. The zero-order valence-corrected chi connectivity index (χ0v) is 22.1. The minimum Gasteiger partial charge on any atom is -0.489 e. The van der Waals surface area contributed by atoms with Crippen LogP contribution in [-0.4, -0.2) is 35.4 Å². The second kappa shape index (κ2) is 10.7. The quantitative estimate of drug-likeness (QED) is 0.293. The molecule has 0 bridgehead atoms. The Morgan fingerprint density at radius 3 is 2.67 bits per heavy atom. The van der Waals surface area contributed by atoms with Crippen LogP contribution in [0, 0.1) is 17.1 Å². The van der Waals surface area contributed by atoms with Crippen molar-refractivity contribution in [3.8, 4) is 22.9 Å². The Labute approximate surface area is 224 Å². The number of ether oxygens (including phenoxy) is 1. The third-order valence-corrected chi connectivity index (χ3v) is 7.77. The van der Waals surface area contributed by atoms with E-state index in [4.69, 9.17) is 9.15 Å². The third-order valence-electron chi connectivity index (χ3n) is 5.84. The lowest BCUT2D eigenvalue weighted by Gasteiger charge is -2.14. The van der Waals surface area contributed by atoms with E-state index in [1.54, 1.807) is 18.2 Å². The molecule has 0 aliphatic rings. The molecule has 0 radical (unpaired) electrons. The Bertz CT molecular complexity index is 1750. The van der Waals surface area contributed by atoms with Gasteiger partial charge in [0.1, 0.15) is 23.6 Å². The average Bonchev–Trinajstić information content (AvgIpc) is 3.35. The number of carbonyl (C=O) groups is 1. The summed E-state index contributed by atoms with van der Waals surface area (Å²) in [5, 5.41) is 19.1. The normalized spacial score (nSPS) is 12.1. The van der Waals surface area contributed by atoms with Gasteiger partial charge in [-0.25, -0.2) is 12.8 Å². The van der Waals surface area contributed by atoms with Crippen LogP contribution < -0.4 is 4.74 Å². The van der Waals surface area contributed by atoms with Gasteiger partial charge in [-0.15, -0.1) is 0 Å². The van der Waals surface area contributed by atoms with Crippen molar-refractivity contribution in [2.45, 2.75) is 38.5 Å². The van der Waals surface area contributed by atoms with Gasteiger partial charge in [0.2, 0.25) is 0 Å². The number of hydrogen-bond acceptors (Lipinski definition) is 7. The SMILES string of the molecule is CC(C)(C)S(=O)(=O)N=Cc1nccc(-c2cc(COc3cc(C#N)ccc3CC(=O)O)cc3ccoc23)c1F. The number of rotatable bonds is 8. The van der Waals surface area contributed by atoms with Gasteiger partial charge in [-0.3, -0.25) is 9.78 Å². The number of carboxylic acid groups (broad SMARTS) is 1. The molecular formula is C28H24FN3O6S. The summed E-state index contributed by atoms with van der Waals surface area (Å²) in [7, 11) is -3.90. The zero-order valence-electron chi connectivity index (χ0n) is 21.3. The van der Waals surface area contributed by atoms with Crippen molar-refractivity contribution in [2.75, 3.05) is 0 Å². The van der Waals surface area contributed by atoms with E-state index in [2.05, 4.69) is 9.38 Å². The molecule has 2 aromatic carbocycles. The Morgan fingerprint density at radius 2 is 1.97 bits per heavy atom. The van der Waals surface area contributed by atoms with Crippen molar-refractivity contribution in [3.05, 3.63) is 83.1 Å². The van der Waals surface area contributed by atoms with Crippen LogP contribution in [0.1, 0.15) is 43.2 Å². The van der Waals surface area contributed by atoms with Crippen LogP contribution in [0.15, 0.2) is 63.7 Å². The first-order chi connectivity index (χ1) is 18.4. The minimum absolute atomic E-state index is 0.0134. The van der Waals surface area contributed by atoms with Gasteiger partial charge in [0.25, 0.3) is 10.0 Å². The summed E-state index contributed by atoms with van der Waals surface area (Å²) < 4.78 is 54.3. The molecular weight excluding hydrogens is 525 g/mol. The highest BCUT2D eigenvalue weighted by atomic mass is 32.2. The molecule has 2 heterocycles. The maximum absolute atomic E-state index is 15.6. The number of halogens is 1. The number of nitriles is 1. The molecule has 4 rings (SSSR count). The lowest BCUT2D eigenvalue weighted by Crippen LogP contribution is -2.25. The fraction of sp³-hybridized carbons (Fsp3) is 0.214. The van der Waals surface area contributed by atoms with Gasteiger partial charge in [-0.2, -0.15) is 9.66 Å². The number of furan rings is 1. The van der Waals surface area contributed by atoms with Crippen LogP contribution in [0.5, 0.6) is 5.75 Å². The van der Waals surface area contributed by atoms with E-state index in [1.807, 2.05) is 6.07 Å². The number of benzene rings is 2. The summed E-state index contributed by atoms with van der Waals surface area (Å²) in [5.41, 5.74) is 1.96. The van der Waals surface area contributed by atoms with Crippen LogP contribution in [0.2, 0.25) is 0 Å². The highest BCUT2D eigenvalue weighted by Crippen LogP contribution is 2.34. The zero-order chi connectivity index (χ0) is 28.4. The number of pyridine rings is 1. The molecule has 0 amide bonds. The molecule has 39 heavy (non-hydrogen) atoms. The van der Waals surface area contributed by atoms with Gasteiger partial charge in [0, 0.05) is 28.3 Å². The van der Waals surface area contributed by atoms with Crippen molar-refractivity contribution in [3.63, 3.8) is 0 Å². The van der Waals surface area contributed by atoms with E-state index >= 15 is 4.39 Å². The molecule has 0 saturated heterocycles. The Kier molecular flexibility index (Phi) is 7.51. The van der Waals surface area contributed by atoms with Crippen molar-refractivity contribution in [2.24, 2.45) is 4.40 Å². The number of aromatic nitrogens is 1. The molecule has 0 fully saturated rings. The molecule has 11 heteroatoms. The molecule has 0 aliphatic carbocycles. The molecule has 200 valence electrons. The summed E-state index contributed by atoms with van der Waals surface area (Å²) in [6.45, 7) is 4.45. The molecule has 0 atom stereocenters. The van der Waals surface area contributed by atoms with Crippen LogP contribution in [-0.2, 0) is 27.8 Å². The van der Waals surface area contributed by atoms with Gasteiger partial charge in [-0.1, -0.05) is 6.07 Å². The first kappa shape index (κ1) is 27.5. The Balaban J connectivity index is 1.72. The predicted octanol–water partition coefficient (Wildman–Crippen LogP) is 5.26. The number of sulfonamides is 1. The summed E-state index contributed by atoms with van der Waals surface area (Å²) in [4.78, 5) is 15.2. The minimum atomic E-state index is -3.90. The van der Waals surface area contributed by atoms with Crippen LogP contribution in [0.3, 0.4) is 0 Å². The third kappa shape index (κ3) is 5.97. The Hall–Kier alpha value is -4.56. The first-order valence-electron chi connectivity index (χ1n) is 11.7. The Morgan fingerprint density at radius 1 is 1.21 bits per heavy atom. The second-order valence-corrected chi connectivity index (χ2v) is 12.0. The maximum atomic E-state index is 15.6. The van der Waals surface area contributed by atoms with E-state index in [0.717, 1.165) is 6.21 Å². The van der Waals surface area contributed by atoms with Crippen molar-refractivity contribution < 1.29 is 31.9 Å². The number of aliphatic carboxylic acids is 1. The van der Waals surface area contributed by atoms with Crippen molar-refractivity contribution in [1.82, 2.24) is 4.98 Å². The van der Waals surface area contributed by atoms with Crippen molar-refractivity contribution in [1.29, 1.82) is 5.26 Å². The number of hydrogen-bond donors (Lipinski definition) is 1. The average molecular weight is 550 g/mol. The lowest BCUT2D eigenvalue weighted by molar-refractivity contribution is -0.136. The van der Waals surface area contributed by atoms with E-state index < -0.39 is 26.6 Å². The number of carboxylic acids is 1. The smallest absolute Gasteiger partial charge is 0.307 e. The molecule has 9 nitrogen and oxygen atoms in total. The second-order valence-electron chi connectivity index (χ2n) is 9.66. The van der Waals surface area contributed by atoms with E-state index in [1.165, 1.54) is 57.5 Å². The standard InChI is InChI=1S/C28H24FN3O6S/c1-28(2,3)39(35,36)32-15-23-26(29)21(6-8-31-23)22-11-18(10-20-7-9-37-27(20)22)16-38-24-12-17(14-30)4-5-19(24)13-25(33)34/h4-12,15H,13,16H2,1-3H3,(H,33,34). The summed E-state index contributed by atoms with van der Waals surface area (Å²) in [5.74, 6) is -1.58. The van der Waals surface area contributed by atoms with Crippen LogP contribution >= 0.6 is 0 Å². The van der Waals surface area contributed by atoms with Gasteiger partial charge >= 0.3 is 5.97 Å². The van der Waals surface area contributed by atoms with E-state index in [0.29, 0.717) is 33.2 Å². The molecule has 4 aromatic rings. The maximum Gasteiger partial charge on any atom is 0.307 e. The molecule has 2 aromatic heterocycles. The van der Waals surface area contributed by atoms with Gasteiger partial charge in [-0.05, 0) is 62.7 Å². The van der Waals surface area contributed by atoms with Gasteiger partial charge in [0.15, 0.2) is 5.82 Å².